The quantitative estimate of drug-likeness (QED) is 0.604. The van der Waals surface area contributed by atoms with E-state index in [0.717, 1.165) is 22.3 Å². The van der Waals surface area contributed by atoms with Crippen LogP contribution >= 0.6 is 0 Å². The van der Waals surface area contributed by atoms with Gasteiger partial charge in [-0.05, 0) is 5.56 Å². The fraction of sp³-hybridized carbons (Fsp3) is 0.125. The maximum Gasteiger partial charge on any atom is 0.160 e. The molecular formula is C16H15N7. The standard InChI is InChI=1S/C16H15N7/c1-23-9-12(7-20-23)14(11-5-3-2-4-6-11)21-15-13-8-19-22-16(13)18-10-17-15/h2-10,14H,1H3,(H2,17,18,19,21,22). The van der Waals surface area contributed by atoms with Gasteiger partial charge in [-0.2, -0.15) is 10.2 Å². The van der Waals surface area contributed by atoms with E-state index in [1.165, 1.54) is 6.33 Å². The number of benzene rings is 1. The summed E-state index contributed by atoms with van der Waals surface area (Å²) in [6.07, 6.45) is 7.11. The molecule has 2 N–H and O–H groups in total. The van der Waals surface area contributed by atoms with Gasteiger partial charge in [0.25, 0.3) is 0 Å². The molecule has 0 spiro atoms. The van der Waals surface area contributed by atoms with Crippen molar-refractivity contribution >= 4 is 16.9 Å². The Morgan fingerprint density at radius 3 is 2.74 bits per heavy atom. The number of anilines is 1. The van der Waals surface area contributed by atoms with E-state index >= 15 is 0 Å². The minimum Gasteiger partial charge on any atom is -0.358 e. The lowest BCUT2D eigenvalue weighted by Crippen LogP contribution is -2.13. The second-order valence-electron chi connectivity index (χ2n) is 5.29. The Kier molecular flexibility index (Phi) is 3.23. The Morgan fingerprint density at radius 2 is 1.96 bits per heavy atom. The van der Waals surface area contributed by atoms with Crippen LogP contribution in [0, 0.1) is 0 Å². The average molecular weight is 305 g/mol. The third-order valence-electron chi connectivity index (χ3n) is 3.72. The van der Waals surface area contributed by atoms with Crippen LogP contribution in [-0.4, -0.2) is 29.9 Å². The van der Waals surface area contributed by atoms with Crippen molar-refractivity contribution in [3.05, 3.63) is 66.4 Å². The van der Waals surface area contributed by atoms with Crippen LogP contribution in [0.4, 0.5) is 5.82 Å². The first-order valence-corrected chi connectivity index (χ1v) is 7.25. The largest absolute Gasteiger partial charge is 0.358 e. The van der Waals surface area contributed by atoms with Crippen LogP contribution in [0.25, 0.3) is 11.0 Å². The van der Waals surface area contributed by atoms with Crippen LogP contribution in [0.2, 0.25) is 0 Å². The molecule has 1 aromatic carbocycles. The van der Waals surface area contributed by atoms with Gasteiger partial charge in [0.05, 0.1) is 23.8 Å². The highest BCUT2D eigenvalue weighted by atomic mass is 15.2. The van der Waals surface area contributed by atoms with E-state index in [4.69, 9.17) is 0 Å². The van der Waals surface area contributed by atoms with Crippen molar-refractivity contribution in [1.29, 1.82) is 0 Å². The summed E-state index contributed by atoms with van der Waals surface area (Å²) in [6.45, 7) is 0. The molecule has 0 aliphatic carbocycles. The zero-order valence-electron chi connectivity index (χ0n) is 12.5. The highest BCUT2D eigenvalue weighted by Gasteiger charge is 2.18. The minimum absolute atomic E-state index is 0.0575. The van der Waals surface area contributed by atoms with E-state index in [0.29, 0.717) is 5.65 Å². The number of fused-ring (bicyclic) bond motifs is 1. The topological polar surface area (TPSA) is 84.3 Å². The predicted octanol–water partition coefficient (Wildman–Crippen LogP) is 2.29. The molecular weight excluding hydrogens is 290 g/mol. The molecule has 4 aromatic rings. The van der Waals surface area contributed by atoms with Gasteiger partial charge in [-0.25, -0.2) is 9.97 Å². The van der Waals surface area contributed by atoms with E-state index in [-0.39, 0.29) is 6.04 Å². The van der Waals surface area contributed by atoms with Crippen molar-refractivity contribution in [1.82, 2.24) is 29.9 Å². The van der Waals surface area contributed by atoms with Gasteiger partial charge >= 0.3 is 0 Å². The van der Waals surface area contributed by atoms with E-state index in [2.05, 4.69) is 42.7 Å². The summed E-state index contributed by atoms with van der Waals surface area (Å²) in [5.74, 6) is 0.737. The zero-order valence-corrected chi connectivity index (χ0v) is 12.5. The molecule has 7 heteroatoms. The second-order valence-corrected chi connectivity index (χ2v) is 5.29. The van der Waals surface area contributed by atoms with Crippen molar-refractivity contribution in [2.45, 2.75) is 6.04 Å². The van der Waals surface area contributed by atoms with E-state index in [9.17, 15) is 0 Å². The van der Waals surface area contributed by atoms with Gasteiger partial charge in [0.1, 0.15) is 12.1 Å². The van der Waals surface area contributed by atoms with Gasteiger partial charge in [-0.3, -0.25) is 9.78 Å². The first-order chi connectivity index (χ1) is 11.3. The average Bonchev–Trinajstić information content (AvgIpc) is 3.22. The number of aromatic nitrogens is 6. The van der Waals surface area contributed by atoms with Crippen LogP contribution < -0.4 is 5.32 Å². The number of H-pyrrole nitrogens is 1. The summed E-state index contributed by atoms with van der Waals surface area (Å²) in [7, 11) is 1.91. The Hall–Kier alpha value is -3.22. The summed E-state index contributed by atoms with van der Waals surface area (Å²) >= 11 is 0. The summed E-state index contributed by atoms with van der Waals surface area (Å²) in [5.41, 5.74) is 2.91. The molecule has 0 saturated heterocycles. The second kappa shape index (κ2) is 5.53. The Morgan fingerprint density at radius 1 is 1.09 bits per heavy atom. The molecule has 0 bridgehead atoms. The van der Waals surface area contributed by atoms with Crippen LogP contribution in [0.3, 0.4) is 0 Å². The highest BCUT2D eigenvalue weighted by Crippen LogP contribution is 2.28. The molecule has 4 rings (SSSR count). The molecule has 1 unspecified atom stereocenters. The molecule has 0 amide bonds. The van der Waals surface area contributed by atoms with Crippen molar-refractivity contribution in [2.75, 3.05) is 5.32 Å². The van der Waals surface area contributed by atoms with Gasteiger partial charge in [-0.15, -0.1) is 0 Å². The molecule has 0 saturated carbocycles. The van der Waals surface area contributed by atoms with Crippen LogP contribution in [0.15, 0.2) is 55.2 Å². The SMILES string of the molecule is Cn1cc(C(Nc2ncnc3[nH]ncc23)c2ccccc2)cn1. The molecule has 3 heterocycles. The van der Waals surface area contributed by atoms with Crippen molar-refractivity contribution < 1.29 is 0 Å². The van der Waals surface area contributed by atoms with Crippen molar-refractivity contribution in [2.24, 2.45) is 7.05 Å². The van der Waals surface area contributed by atoms with Crippen molar-refractivity contribution in [3.63, 3.8) is 0 Å². The molecule has 0 aliphatic rings. The zero-order chi connectivity index (χ0) is 15.6. The number of aromatic amines is 1. The summed E-state index contributed by atoms with van der Waals surface area (Å²) in [6, 6.07) is 10.2. The first kappa shape index (κ1) is 13.4. The Bertz CT molecular complexity index is 926. The van der Waals surface area contributed by atoms with Crippen LogP contribution in [0.5, 0.6) is 0 Å². The maximum absolute atomic E-state index is 4.37. The van der Waals surface area contributed by atoms with Gasteiger partial charge in [-0.1, -0.05) is 30.3 Å². The predicted molar refractivity (Wildman–Crippen MR) is 86.8 cm³/mol. The minimum atomic E-state index is -0.0575. The molecule has 0 radical (unpaired) electrons. The number of hydrogen-bond donors (Lipinski definition) is 2. The smallest absolute Gasteiger partial charge is 0.160 e. The van der Waals surface area contributed by atoms with Gasteiger partial charge in [0.2, 0.25) is 0 Å². The molecule has 7 nitrogen and oxygen atoms in total. The first-order valence-electron chi connectivity index (χ1n) is 7.25. The van der Waals surface area contributed by atoms with E-state index < -0.39 is 0 Å². The third kappa shape index (κ3) is 2.52. The van der Waals surface area contributed by atoms with Gasteiger partial charge in [0, 0.05) is 18.8 Å². The maximum atomic E-state index is 4.37. The summed E-state index contributed by atoms with van der Waals surface area (Å²) in [5, 5.41) is 15.5. The fourth-order valence-corrected chi connectivity index (χ4v) is 2.61. The number of nitrogens with one attached hydrogen (secondary N) is 2. The van der Waals surface area contributed by atoms with E-state index in [1.807, 2.05) is 37.6 Å². The number of hydrogen-bond acceptors (Lipinski definition) is 5. The molecule has 1 atom stereocenters. The van der Waals surface area contributed by atoms with Gasteiger partial charge < -0.3 is 5.32 Å². The monoisotopic (exact) mass is 305 g/mol. The number of rotatable bonds is 4. The molecule has 0 aliphatic heterocycles. The van der Waals surface area contributed by atoms with Crippen molar-refractivity contribution in [3.8, 4) is 0 Å². The molecule has 3 aromatic heterocycles. The lowest BCUT2D eigenvalue weighted by molar-refractivity contribution is 0.766. The van der Waals surface area contributed by atoms with Gasteiger partial charge in [0.15, 0.2) is 5.65 Å². The molecule has 114 valence electrons. The Balaban J connectivity index is 1.78. The molecule has 23 heavy (non-hydrogen) atoms. The fourth-order valence-electron chi connectivity index (χ4n) is 2.61. The van der Waals surface area contributed by atoms with E-state index in [1.54, 1.807) is 10.9 Å². The van der Waals surface area contributed by atoms with Crippen LogP contribution in [0.1, 0.15) is 17.2 Å². The molecule has 0 fully saturated rings. The Labute approximate surface area is 132 Å². The highest BCUT2D eigenvalue weighted by molar-refractivity contribution is 5.85. The lowest BCUT2D eigenvalue weighted by Gasteiger charge is -2.18. The third-order valence-corrected chi connectivity index (χ3v) is 3.72. The number of aryl methyl sites for hydroxylation is 1. The summed E-state index contributed by atoms with van der Waals surface area (Å²) < 4.78 is 1.79. The normalized spacial score (nSPS) is 12.4. The number of nitrogens with zero attached hydrogens (tertiary/aromatic N) is 5. The lowest BCUT2D eigenvalue weighted by atomic mass is 10.0. The van der Waals surface area contributed by atoms with Crippen LogP contribution in [-0.2, 0) is 7.05 Å². The summed E-state index contributed by atoms with van der Waals surface area (Å²) in [4.78, 5) is 8.54.